The van der Waals surface area contributed by atoms with E-state index in [2.05, 4.69) is 34.6 Å². The largest absolute Gasteiger partial charge is 0.370 e. The lowest BCUT2D eigenvalue weighted by Gasteiger charge is -2.26. The highest BCUT2D eigenvalue weighted by Crippen LogP contribution is 2.30. The Morgan fingerprint density at radius 2 is 2.00 bits per heavy atom. The minimum absolute atomic E-state index is 0.718. The van der Waals surface area contributed by atoms with Gasteiger partial charge in [0.05, 0.1) is 0 Å². The maximum absolute atomic E-state index is 5.54. The Labute approximate surface area is 128 Å². The molecule has 5 nitrogen and oxygen atoms in total. The molecule has 2 rings (SSSR count). The summed E-state index contributed by atoms with van der Waals surface area (Å²) >= 11 is 0. The molecule has 5 heteroatoms. The molecule has 1 heterocycles. The van der Waals surface area contributed by atoms with E-state index < -0.39 is 0 Å². The van der Waals surface area contributed by atoms with E-state index in [-0.39, 0.29) is 0 Å². The van der Waals surface area contributed by atoms with Gasteiger partial charge in [0.1, 0.15) is 17.5 Å². The summed E-state index contributed by atoms with van der Waals surface area (Å²) in [7, 11) is 0. The molecule has 0 radical (unpaired) electrons. The van der Waals surface area contributed by atoms with Gasteiger partial charge < -0.3 is 10.7 Å². The second kappa shape index (κ2) is 7.59. The minimum atomic E-state index is 0.718. The standard InChI is InChI=1S/C16H29N5/c1-4-14-19-15(12(3)16(20-14)21-17)18-9-8-13-7-5-6-11(2)10-13/h11,13H,4-10,17H2,1-3H3,(H2,18,19,20,21). The Morgan fingerprint density at radius 3 is 2.67 bits per heavy atom. The van der Waals surface area contributed by atoms with E-state index in [1.165, 1.54) is 32.1 Å². The first-order valence-electron chi connectivity index (χ1n) is 8.22. The number of anilines is 2. The van der Waals surface area contributed by atoms with Gasteiger partial charge in [-0.1, -0.05) is 33.1 Å². The molecular formula is C16H29N5. The summed E-state index contributed by atoms with van der Waals surface area (Å²) in [5, 5.41) is 3.48. The van der Waals surface area contributed by atoms with Crippen molar-refractivity contribution in [1.82, 2.24) is 9.97 Å². The number of nitrogen functional groups attached to an aromatic ring is 1. The average molecular weight is 291 g/mol. The van der Waals surface area contributed by atoms with Gasteiger partial charge in [-0.05, 0) is 31.6 Å². The van der Waals surface area contributed by atoms with Crippen molar-refractivity contribution in [3.8, 4) is 0 Å². The van der Waals surface area contributed by atoms with Crippen LogP contribution in [0.25, 0.3) is 0 Å². The maximum Gasteiger partial charge on any atom is 0.148 e. The highest BCUT2D eigenvalue weighted by molar-refractivity contribution is 5.56. The molecule has 1 aliphatic carbocycles. The van der Waals surface area contributed by atoms with Crippen molar-refractivity contribution in [2.24, 2.45) is 17.7 Å². The topological polar surface area (TPSA) is 75.9 Å². The van der Waals surface area contributed by atoms with Gasteiger partial charge in [-0.2, -0.15) is 0 Å². The Hall–Kier alpha value is -1.36. The number of aryl methyl sites for hydroxylation is 1. The number of hydrogen-bond donors (Lipinski definition) is 3. The van der Waals surface area contributed by atoms with Gasteiger partial charge in [0.25, 0.3) is 0 Å². The van der Waals surface area contributed by atoms with Crippen molar-refractivity contribution in [2.75, 3.05) is 17.3 Å². The number of hydrazine groups is 1. The molecule has 0 bridgehead atoms. The fourth-order valence-electron chi connectivity index (χ4n) is 3.25. The molecule has 2 unspecified atom stereocenters. The van der Waals surface area contributed by atoms with E-state index in [0.29, 0.717) is 0 Å². The van der Waals surface area contributed by atoms with Crippen LogP contribution >= 0.6 is 0 Å². The maximum atomic E-state index is 5.54. The minimum Gasteiger partial charge on any atom is -0.370 e. The van der Waals surface area contributed by atoms with Crippen molar-refractivity contribution in [2.45, 2.75) is 59.3 Å². The third kappa shape index (κ3) is 4.30. The number of aromatic nitrogens is 2. The Bertz CT molecular complexity index is 460. The molecule has 4 N–H and O–H groups in total. The van der Waals surface area contributed by atoms with Crippen LogP contribution < -0.4 is 16.6 Å². The second-order valence-electron chi connectivity index (χ2n) is 6.31. The van der Waals surface area contributed by atoms with E-state index in [1.54, 1.807) is 0 Å². The number of nitrogens with one attached hydrogen (secondary N) is 2. The molecule has 0 aromatic carbocycles. The molecule has 2 atom stereocenters. The molecule has 0 saturated heterocycles. The molecule has 21 heavy (non-hydrogen) atoms. The van der Waals surface area contributed by atoms with Crippen LogP contribution in [0.15, 0.2) is 0 Å². The van der Waals surface area contributed by atoms with Crippen LogP contribution in [0, 0.1) is 18.8 Å². The normalized spacial score (nSPS) is 22.1. The number of nitrogens with zero attached hydrogens (tertiary/aromatic N) is 2. The van der Waals surface area contributed by atoms with Crippen molar-refractivity contribution >= 4 is 11.6 Å². The first kappa shape index (κ1) is 16.0. The zero-order valence-electron chi connectivity index (χ0n) is 13.6. The van der Waals surface area contributed by atoms with Crippen LogP contribution in [0.5, 0.6) is 0 Å². The van der Waals surface area contributed by atoms with Gasteiger partial charge in [-0.25, -0.2) is 15.8 Å². The first-order chi connectivity index (χ1) is 10.1. The summed E-state index contributed by atoms with van der Waals surface area (Å²) < 4.78 is 0. The fraction of sp³-hybridized carbons (Fsp3) is 0.750. The molecule has 1 saturated carbocycles. The summed E-state index contributed by atoms with van der Waals surface area (Å²) in [6.07, 6.45) is 7.58. The lowest BCUT2D eigenvalue weighted by Crippen LogP contribution is -2.18. The van der Waals surface area contributed by atoms with Gasteiger partial charge in [0.2, 0.25) is 0 Å². The van der Waals surface area contributed by atoms with E-state index >= 15 is 0 Å². The van der Waals surface area contributed by atoms with Crippen molar-refractivity contribution in [1.29, 1.82) is 0 Å². The molecule has 1 fully saturated rings. The molecule has 118 valence electrons. The van der Waals surface area contributed by atoms with Gasteiger partial charge >= 0.3 is 0 Å². The SMILES string of the molecule is CCc1nc(NN)c(C)c(NCCC2CCCC(C)C2)n1. The smallest absolute Gasteiger partial charge is 0.148 e. The fourth-order valence-corrected chi connectivity index (χ4v) is 3.25. The van der Waals surface area contributed by atoms with Crippen LogP contribution in [0.1, 0.15) is 57.3 Å². The van der Waals surface area contributed by atoms with Crippen LogP contribution in [-0.4, -0.2) is 16.5 Å². The summed E-state index contributed by atoms with van der Waals surface area (Å²) in [6.45, 7) is 7.40. The predicted octanol–water partition coefficient (Wildman–Crippen LogP) is 3.26. The third-order valence-corrected chi connectivity index (χ3v) is 4.54. The van der Waals surface area contributed by atoms with Crippen molar-refractivity contribution < 1.29 is 0 Å². The number of rotatable bonds is 6. The second-order valence-corrected chi connectivity index (χ2v) is 6.31. The van der Waals surface area contributed by atoms with Crippen LogP contribution in [-0.2, 0) is 6.42 Å². The Morgan fingerprint density at radius 1 is 1.24 bits per heavy atom. The van der Waals surface area contributed by atoms with E-state index in [4.69, 9.17) is 5.84 Å². The van der Waals surface area contributed by atoms with Crippen LogP contribution in [0.3, 0.4) is 0 Å². The Balaban J connectivity index is 1.93. The van der Waals surface area contributed by atoms with Crippen molar-refractivity contribution in [3.63, 3.8) is 0 Å². The highest BCUT2D eigenvalue weighted by atomic mass is 15.3. The van der Waals surface area contributed by atoms with E-state index in [0.717, 1.165) is 47.8 Å². The number of nitrogens with two attached hydrogens (primary N) is 1. The summed E-state index contributed by atoms with van der Waals surface area (Å²) in [5.41, 5.74) is 3.66. The van der Waals surface area contributed by atoms with Crippen molar-refractivity contribution in [3.05, 3.63) is 11.4 Å². The predicted molar refractivity (Wildman–Crippen MR) is 88.2 cm³/mol. The zero-order chi connectivity index (χ0) is 15.2. The molecule has 0 spiro atoms. The molecule has 0 aliphatic heterocycles. The number of hydrogen-bond acceptors (Lipinski definition) is 5. The monoisotopic (exact) mass is 291 g/mol. The summed E-state index contributed by atoms with van der Waals surface area (Å²) in [4.78, 5) is 8.97. The van der Waals surface area contributed by atoms with Gasteiger partial charge in [0, 0.05) is 18.5 Å². The molecule has 0 amide bonds. The van der Waals surface area contributed by atoms with Gasteiger partial charge in [-0.15, -0.1) is 0 Å². The van der Waals surface area contributed by atoms with E-state index in [9.17, 15) is 0 Å². The summed E-state index contributed by atoms with van der Waals surface area (Å²) in [5.74, 6) is 9.75. The van der Waals surface area contributed by atoms with Gasteiger partial charge in [0.15, 0.2) is 0 Å². The molecule has 1 aromatic rings. The van der Waals surface area contributed by atoms with Gasteiger partial charge in [-0.3, -0.25) is 0 Å². The zero-order valence-corrected chi connectivity index (χ0v) is 13.6. The molecule has 1 aromatic heterocycles. The Kier molecular flexibility index (Phi) is 5.79. The molecule has 1 aliphatic rings. The lowest BCUT2D eigenvalue weighted by molar-refractivity contribution is 0.274. The lowest BCUT2D eigenvalue weighted by atomic mass is 9.81. The van der Waals surface area contributed by atoms with E-state index in [1.807, 2.05) is 6.92 Å². The first-order valence-corrected chi connectivity index (χ1v) is 8.22. The third-order valence-electron chi connectivity index (χ3n) is 4.54. The summed E-state index contributed by atoms with van der Waals surface area (Å²) in [6, 6.07) is 0. The average Bonchev–Trinajstić information content (AvgIpc) is 2.49. The highest BCUT2D eigenvalue weighted by Gasteiger charge is 2.18. The quantitative estimate of drug-likeness (QED) is 0.554. The molecular weight excluding hydrogens is 262 g/mol. The van der Waals surface area contributed by atoms with Crippen LogP contribution in [0.2, 0.25) is 0 Å². The van der Waals surface area contributed by atoms with Crippen LogP contribution in [0.4, 0.5) is 11.6 Å².